The molecule has 0 aromatic heterocycles. The zero-order valence-electron chi connectivity index (χ0n) is 11.9. The Morgan fingerprint density at radius 1 is 1.40 bits per heavy atom. The number of benzene rings is 1. The zero-order chi connectivity index (χ0) is 14.5. The van der Waals surface area contributed by atoms with Crippen LogP contribution >= 0.6 is 22.6 Å². The van der Waals surface area contributed by atoms with E-state index in [4.69, 9.17) is 9.84 Å². The Labute approximate surface area is 133 Å². The fraction of sp³-hybridized carbons (Fsp3) is 0.467. The Hall–Kier alpha value is -0.790. The van der Waals surface area contributed by atoms with E-state index in [0.717, 1.165) is 25.1 Å². The van der Waals surface area contributed by atoms with Crippen molar-refractivity contribution in [2.24, 2.45) is 0 Å². The third kappa shape index (κ3) is 3.45. The van der Waals surface area contributed by atoms with Gasteiger partial charge in [-0.1, -0.05) is 6.07 Å². The second kappa shape index (κ2) is 7.28. The minimum atomic E-state index is 0.220. The van der Waals surface area contributed by atoms with Crippen molar-refractivity contribution in [2.75, 3.05) is 32.2 Å². The first-order valence-electron chi connectivity index (χ1n) is 6.80. The highest BCUT2D eigenvalue weighted by Gasteiger charge is 2.22. The molecular formula is C15H21IN2O2. The molecule has 0 saturated heterocycles. The van der Waals surface area contributed by atoms with Gasteiger partial charge >= 0.3 is 0 Å². The van der Waals surface area contributed by atoms with E-state index < -0.39 is 0 Å². The number of halogens is 1. The van der Waals surface area contributed by atoms with Crippen molar-refractivity contribution >= 4 is 28.3 Å². The number of unbranched alkanes of at least 4 members (excludes halogenated alkanes) is 1. The summed E-state index contributed by atoms with van der Waals surface area (Å²) >= 11 is 2.35. The van der Waals surface area contributed by atoms with E-state index >= 15 is 0 Å². The highest BCUT2D eigenvalue weighted by molar-refractivity contribution is 14.1. The molecule has 2 rings (SSSR count). The Bertz CT molecular complexity index is 491. The van der Waals surface area contributed by atoms with Crippen LogP contribution in [0.25, 0.3) is 0 Å². The molecule has 4 nitrogen and oxygen atoms in total. The number of aliphatic hydroxyl groups excluding tert-OH is 1. The van der Waals surface area contributed by atoms with Crippen LogP contribution in [0, 0.1) is 0 Å². The molecule has 0 radical (unpaired) electrons. The van der Waals surface area contributed by atoms with Gasteiger partial charge in [0.1, 0.15) is 5.75 Å². The molecular weight excluding hydrogens is 367 g/mol. The molecule has 0 fully saturated rings. The van der Waals surface area contributed by atoms with Gasteiger partial charge in [-0.2, -0.15) is 0 Å². The standard InChI is InChI=1S/C15H21IN2O2/c1-18-14-9-11(20-2)5-6-12(14)13(10-15(18)16)17-7-3-4-8-19/h5-6,9-10,13,17,19H,3-4,7-8H2,1-2H3. The topological polar surface area (TPSA) is 44.7 Å². The Balaban J connectivity index is 2.18. The maximum absolute atomic E-state index is 8.83. The van der Waals surface area contributed by atoms with Gasteiger partial charge in [-0.15, -0.1) is 0 Å². The van der Waals surface area contributed by atoms with Crippen molar-refractivity contribution in [3.63, 3.8) is 0 Å². The quantitative estimate of drug-likeness (QED) is 0.447. The summed E-state index contributed by atoms with van der Waals surface area (Å²) in [6.45, 7) is 1.16. The molecule has 1 atom stereocenters. The van der Waals surface area contributed by atoms with Crippen LogP contribution in [0.5, 0.6) is 5.75 Å². The maximum atomic E-state index is 8.83. The SMILES string of the molecule is COc1ccc2c(c1)N(C)C(I)=CC2NCCCCO. The van der Waals surface area contributed by atoms with Crippen LogP contribution in [-0.2, 0) is 0 Å². The lowest BCUT2D eigenvalue weighted by Gasteiger charge is -2.31. The number of methoxy groups -OCH3 is 1. The van der Waals surface area contributed by atoms with Crippen LogP contribution in [0.2, 0.25) is 0 Å². The summed E-state index contributed by atoms with van der Waals surface area (Å²) in [6.07, 6.45) is 4.06. The smallest absolute Gasteiger partial charge is 0.120 e. The van der Waals surface area contributed by atoms with Gasteiger partial charge in [-0.05, 0) is 59.7 Å². The average molecular weight is 388 g/mol. The number of rotatable bonds is 6. The fourth-order valence-electron chi connectivity index (χ4n) is 2.32. The molecule has 1 unspecified atom stereocenters. The van der Waals surface area contributed by atoms with Crippen LogP contribution in [0.15, 0.2) is 28.0 Å². The number of nitrogens with one attached hydrogen (secondary N) is 1. The van der Waals surface area contributed by atoms with Crippen LogP contribution in [0.1, 0.15) is 24.4 Å². The molecule has 0 saturated carbocycles. The molecule has 0 aliphatic carbocycles. The van der Waals surface area contributed by atoms with E-state index in [2.05, 4.69) is 58.1 Å². The van der Waals surface area contributed by atoms with E-state index in [-0.39, 0.29) is 12.6 Å². The third-order valence-electron chi connectivity index (χ3n) is 3.51. The molecule has 1 aliphatic rings. The van der Waals surface area contributed by atoms with Gasteiger partial charge in [-0.25, -0.2) is 0 Å². The summed E-state index contributed by atoms with van der Waals surface area (Å²) in [5.74, 6) is 0.876. The van der Waals surface area contributed by atoms with Gasteiger partial charge in [-0.3, -0.25) is 0 Å². The highest BCUT2D eigenvalue weighted by atomic mass is 127. The number of hydrogen-bond donors (Lipinski definition) is 2. The summed E-state index contributed by atoms with van der Waals surface area (Å²) in [6, 6.07) is 6.41. The monoisotopic (exact) mass is 388 g/mol. The van der Waals surface area contributed by atoms with E-state index in [1.807, 2.05) is 6.07 Å². The lowest BCUT2D eigenvalue weighted by atomic mass is 10.0. The van der Waals surface area contributed by atoms with Gasteiger partial charge in [0.15, 0.2) is 0 Å². The zero-order valence-corrected chi connectivity index (χ0v) is 14.1. The van der Waals surface area contributed by atoms with Gasteiger partial charge in [0.2, 0.25) is 0 Å². The van der Waals surface area contributed by atoms with Crippen LogP contribution in [0.3, 0.4) is 0 Å². The predicted molar refractivity (Wildman–Crippen MR) is 90.6 cm³/mol. The summed E-state index contributed by atoms with van der Waals surface area (Å²) in [4.78, 5) is 2.17. The maximum Gasteiger partial charge on any atom is 0.120 e. The lowest BCUT2D eigenvalue weighted by molar-refractivity contribution is 0.283. The first-order valence-corrected chi connectivity index (χ1v) is 7.88. The van der Waals surface area contributed by atoms with E-state index in [1.54, 1.807) is 7.11 Å². The van der Waals surface area contributed by atoms with E-state index in [1.165, 1.54) is 15.0 Å². The van der Waals surface area contributed by atoms with Gasteiger partial charge in [0.05, 0.1) is 16.9 Å². The fourth-order valence-corrected chi connectivity index (χ4v) is 2.94. The average Bonchev–Trinajstić information content (AvgIpc) is 2.48. The minimum absolute atomic E-state index is 0.220. The Morgan fingerprint density at radius 3 is 2.90 bits per heavy atom. The molecule has 0 spiro atoms. The minimum Gasteiger partial charge on any atom is -0.497 e. The lowest BCUT2D eigenvalue weighted by Crippen LogP contribution is -2.28. The molecule has 1 aromatic carbocycles. The normalized spacial score (nSPS) is 17.7. The molecule has 110 valence electrons. The first-order chi connectivity index (χ1) is 9.67. The Kier molecular flexibility index (Phi) is 5.68. The van der Waals surface area contributed by atoms with Crippen molar-refractivity contribution in [3.8, 4) is 5.75 Å². The summed E-state index contributed by atoms with van der Waals surface area (Å²) in [5, 5.41) is 12.4. The van der Waals surface area contributed by atoms with Crippen molar-refractivity contribution in [2.45, 2.75) is 18.9 Å². The van der Waals surface area contributed by atoms with E-state index in [9.17, 15) is 0 Å². The number of ether oxygens (including phenoxy) is 1. The predicted octanol–water partition coefficient (Wildman–Crippen LogP) is 2.82. The van der Waals surface area contributed by atoms with E-state index in [0.29, 0.717) is 0 Å². The van der Waals surface area contributed by atoms with Crippen LogP contribution < -0.4 is 15.0 Å². The number of nitrogens with zero attached hydrogens (tertiary/aromatic N) is 1. The molecule has 20 heavy (non-hydrogen) atoms. The number of hydrogen-bond acceptors (Lipinski definition) is 4. The molecule has 1 heterocycles. The summed E-state index contributed by atoms with van der Waals surface area (Å²) in [7, 11) is 3.76. The van der Waals surface area contributed by atoms with Crippen molar-refractivity contribution in [3.05, 3.63) is 33.5 Å². The molecule has 2 N–H and O–H groups in total. The molecule has 1 aromatic rings. The van der Waals surface area contributed by atoms with Crippen molar-refractivity contribution in [1.82, 2.24) is 5.32 Å². The Morgan fingerprint density at radius 2 is 2.20 bits per heavy atom. The van der Waals surface area contributed by atoms with Crippen molar-refractivity contribution < 1.29 is 9.84 Å². The van der Waals surface area contributed by atoms with Gasteiger partial charge < -0.3 is 20.1 Å². The van der Waals surface area contributed by atoms with Crippen LogP contribution in [-0.4, -0.2) is 32.4 Å². The number of aliphatic hydroxyl groups is 1. The summed E-state index contributed by atoms with van der Waals surface area (Å²) < 4.78 is 6.51. The van der Waals surface area contributed by atoms with Gasteiger partial charge in [0.25, 0.3) is 0 Å². The number of anilines is 1. The second-order valence-corrected chi connectivity index (χ2v) is 5.94. The third-order valence-corrected chi connectivity index (χ3v) is 4.59. The largest absolute Gasteiger partial charge is 0.497 e. The number of fused-ring (bicyclic) bond motifs is 1. The van der Waals surface area contributed by atoms with Gasteiger partial charge in [0, 0.05) is 25.4 Å². The van der Waals surface area contributed by atoms with Crippen LogP contribution in [0.4, 0.5) is 5.69 Å². The first kappa shape index (κ1) is 15.6. The molecule has 0 bridgehead atoms. The molecule has 1 aliphatic heterocycles. The molecule has 5 heteroatoms. The molecule has 0 amide bonds. The van der Waals surface area contributed by atoms with Crippen molar-refractivity contribution in [1.29, 1.82) is 0 Å². The summed E-state index contributed by atoms with van der Waals surface area (Å²) in [5.41, 5.74) is 2.44. The second-order valence-electron chi connectivity index (χ2n) is 4.84. The highest BCUT2D eigenvalue weighted by Crippen LogP contribution is 2.38.